The van der Waals surface area contributed by atoms with Gasteiger partial charge < -0.3 is 5.11 Å². The highest BCUT2D eigenvalue weighted by molar-refractivity contribution is 5.95. The number of H-pyrrole nitrogens is 1. The molecule has 0 saturated carbocycles. The van der Waals surface area contributed by atoms with Gasteiger partial charge in [-0.1, -0.05) is 26.0 Å². The number of aromatic amines is 1. The molecular formula is C14H16N2O2. The van der Waals surface area contributed by atoms with Crippen LogP contribution in [0.3, 0.4) is 0 Å². The summed E-state index contributed by atoms with van der Waals surface area (Å²) >= 11 is 0. The third kappa shape index (κ3) is 2.14. The Morgan fingerprint density at radius 2 is 2.11 bits per heavy atom. The quantitative estimate of drug-likeness (QED) is 0.871. The number of rotatable bonds is 3. The van der Waals surface area contributed by atoms with Gasteiger partial charge in [0.05, 0.1) is 11.9 Å². The number of carboxylic acids is 1. The third-order valence-corrected chi connectivity index (χ3v) is 3.07. The molecule has 0 spiro atoms. The lowest BCUT2D eigenvalue weighted by Gasteiger charge is -2.10. The second-order valence-electron chi connectivity index (χ2n) is 4.69. The highest BCUT2D eigenvalue weighted by atomic mass is 16.4. The molecule has 1 aromatic carbocycles. The molecule has 4 nitrogen and oxygen atoms in total. The lowest BCUT2D eigenvalue weighted by molar-refractivity contribution is 0.0698. The number of carboxylic acid groups (broad SMARTS) is 1. The lowest BCUT2D eigenvalue weighted by Crippen LogP contribution is -1.99. The van der Waals surface area contributed by atoms with Crippen molar-refractivity contribution in [1.82, 2.24) is 10.2 Å². The van der Waals surface area contributed by atoms with Crippen molar-refractivity contribution in [2.45, 2.75) is 26.7 Å². The van der Waals surface area contributed by atoms with Crippen molar-refractivity contribution in [2.75, 3.05) is 0 Å². The summed E-state index contributed by atoms with van der Waals surface area (Å²) in [5.41, 5.74) is 3.89. The highest BCUT2D eigenvalue weighted by Crippen LogP contribution is 2.28. The summed E-state index contributed by atoms with van der Waals surface area (Å²) in [4.78, 5) is 11.1. The molecule has 2 rings (SSSR count). The smallest absolute Gasteiger partial charge is 0.339 e. The van der Waals surface area contributed by atoms with Crippen LogP contribution in [0, 0.1) is 6.92 Å². The second-order valence-corrected chi connectivity index (χ2v) is 4.69. The normalized spacial score (nSPS) is 10.9. The van der Waals surface area contributed by atoms with E-state index in [2.05, 4.69) is 30.1 Å². The molecule has 0 aliphatic rings. The average molecular weight is 244 g/mol. The fraction of sp³-hybridized carbons (Fsp3) is 0.286. The molecule has 0 atom stereocenters. The Labute approximate surface area is 106 Å². The SMILES string of the molecule is Cc1ccc(C(C)C)cc1-c1[nH]ncc1C(=O)O. The van der Waals surface area contributed by atoms with Crippen molar-refractivity contribution >= 4 is 5.97 Å². The van der Waals surface area contributed by atoms with E-state index in [4.69, 9.17) is 5.11 Å². The van der Waals surface area contributed by atoms with Crippen LogP contribution >= 0.6 is 0 Å². The molecule has 0 fully saturated rings. The van der Waals surface area contributed by atoms with Crippen molar-refractivity contribution in [3.63, 3.8) is 0 Å². The number of aromatic carboxylic acids is 1. The average Bonchev–Trinajstić information content (AvgIpc) is 2.78. The number of nitrogens with zero attached hydrogens (tertiary/aromatic N) is 1. The monoisotopic (exact) mass is 244 g/mol. The van der Waals surface area contributed by atoms with Crippen molar-refractivity contribution in [3.8, 4) is 11.3 Å². The van der Waals surface area contributed by atoms with Crippen LogP contribution in [-0.4, -0.2) is 21.3 Å². The summed E-state index contributed by atoms with van der Waals surface area (Å²) in [6.45, 7) is 6.19. The number of hydrogen-bond donors (Lipinski definition) is 2. The number of carbonyl (C=O) groups is 1. The first-order valence-corrected chi connectivity index (χ1v) is 5.88. The van der Waals surface area contributed by atoms with Crippen LogP contribution in [0.5, 0.6) is 0 Å². The van der Waals surface area contributed by atoms with Crippen LogP contribution in [-0.2, 0) is 0 Å². The standard InChI is InChI=1S/C14H16N2O2/c1-8(2)10-5-4-9(3)11(6-10)13-12(14(17)18)7-15-16-13/h4-8H,1-3H3,(H,15,16)(H,17,18). The van der Waals surface area contributed by atoms with Crippen LogP contribution in [0.4, 0.5) is 0 Å². The minimum atomic E-state index is -0.965. The lowest BCUT2D eigenvalue weighted by atomic mass is 9.95. The minimum Gasteiger partial charge on any atom is -0.478 e. The zero-order valence-corrected chi connectivity index (χ0v) is 10.7. The van der Waals surface area contributed by atoms with Crippen LogP contribution in [0.1, 0.15) is 41.3 Å². The topological polar surface area (TPSA) is 66.0 Å². The van der Waals surface area contributed by atoms with E-state index in [-0.39, 0.29) is 5.56 Å². The van der Waals surface area contributed by atoms with E-state index in [1.165, 1.54) is 11.8 Å². The molecule has 0 saturated heterocycles. The van der Waals surface area contributed by atoms with E-state index in [0.717, 1.165) is 11.1 Å². The Kier molecular flexibility index (Phi) is 3.19. The Hall–Kier alpha value is -2.10. The molecule has 1 aromatic heterocycles. The minimum absolute atomic E-state index is 0.207. The fourth-order valence-corrected chi connectivity index (χ4v) is 1.92. The van der Waals surface area contributed by atoms with E-state index in [9.17, 15) is 4.79 Å². The van der Waals surface area contributed by atoms with Crippen molar-refractivity contribution < 1.29 is 9.90 Å². The summed E-state index contributed by atoms with van der Waals surface area (Å²) in [6.07, 6.45) is 1.35. The second kappa shape index (κ2) is 4.64. The van der Waals surface area contributed by atoms with Gasteiger partial charge in [0.1, 0.15) is 5.56 Å². The highest BCUT2D eigenvalue weighted by Gasteiger charge is 2.16. The molecule has 0 amide bonds. The maximum absolute atomic E-state index is 11.1. The molecule has 0 aliphatic carbocycles. The molecule has 0 aliphatic heterocycles. The first-order valence-electron chi connectivity index (χ1n) is 5.88. The fourth-order valence-electron chi connectivity index (χ4n) is 1.92. The van der Waals surface area contributed by atoms with Crippen molar-refractivity contribution in [2.24, 2.45) is 0 Å². The molecule has 0 unspecified atom stereocenters. The molecule has 18 heavy (non-hydrogen) atoms. The molecule has 0 bridgehead atoms. The van der Waals surface area contributed by atoms with Gasteiger partial charge >= 0.3 is 5.97 Å². The predicted octanol–water partition coefficient (Wildman–Crippen LogP) is 3.21. The number of benzene rings is 1. The Bertz CT molecular complexity index is 585. The van der Waals surface area contributed by atoms with Gasteiger partial charge in [-0.05, 0) is 30.0 Å². The number of aryl methyl sites for hydroxylation is 1. The zero-order valence-electron chi connectivity index (χ0n) is 10.7. The largest absolute Gasteiger partial charge is 0.478 e. The first kappa shape index (κ1) is 12.4. The zero-order chi connectivity index (χ0) is 13.3. The predicted molar refractivity (Wildman–Crippen MR) is 69.8 cm³/mol. The molecular weight excluding hydrogens is 228 g/mol. The van der Waals surface area contributed by atoms with Crippen LogP contribution in [0.25, 0.3) is 11.3 Å². The Morgan fingerprint density at radius 1 is 1.39 bits per heavy atom. The first-order chi connectivity index (χ1) is 8.50. The Morgan fingerprint density at radius 3 is 2.72 bits per heavy atom. The van der Waals surface area contributed by atoms with Crippen molar-refractivity contribution in [3.05, 3.63) is 41.1 Å². The molecule has 2 N–H and O–H groups in total. The number of nitrogens with one attached hydrogen (secondary N) is 1. The van der Waals surface area contributed by atoms with E-state index >= 15 is 0 Å². The van der Waals surface area contributed by atoms with Gasteiger partial charge in [0, 0.05) is 5.56 Å². The maximum Gasteiger partial charge on any atom is 0.339 e. The van der Waals surface area contributed by atoms with Crippen molar-refractivity contribution in [1.29, 1.82) is 0 Å². The van der Waals surface area contributed by atoms with Gasteiger partial charge in [-0.15, -0.1) is 0 Å². The summed E-state index contributed by atoms with van der Waals surface area (Å²) in [5.74, 6) is -0.561. The van der Waals surface area contributed by atoms with E-state index in [0.29, 0.717) is 11.6 Å². The Balaban J connectivity index is 2.59. The van der Waals surface area contributed by atoms with Gasteiger partial charge in [0.25, 0.3) is 0 Å². The summed E-state index contributed by atoms with van der Waals surface area (Å²) < 4.78 is 0. The summed E-state index contributed by atoms with van der Waals surface area (Å²) in [5, 5.41) is 15.7. The van der Waals surface area contributed by atoms with Crippen LogP contribution in [0.15, 0.2) is 24.4 Å². The van der Waals surface area contributed by atoms with Crippen LogP contribution in [0.2, 0.25) is 0 Å². The van der Waals surface area contributed by atoms with E-state index < -0.39 is 5.97 Å². The van der Waals surface area contributed by atoms with E-state index in [1.807, 2.05) is 19.1 Å². The van der Waals surface area contributed by atoms with Gasteiger partial charge in [-0.2, -0.15) is 5.10 Å². The molecule has 94 valence electrons. The van der Waals surface area contributed by atoms with Gasteiger partial charge in [-0.3, -0.25) is 5.10 Å². The van der Waals surface area contributed by atoms with Gasteiger partial charge in [-0.25, -0.2) is 4.79 Å². The van der Waals surface area contributed by atoms with Crippen LogP contribution < -0.4 is 0 Å². The molecule has 4 heteroatoms. The number of hydrogen-bond acceptors (Lipinski definition) is 2. The summed E-state index contributed by atoms with van der Waals surface area (Å²) in [7, 11) is 0. The molecule has 1 heterocycles. The summed E-state index contributed by atoms with van der Waals surface area (Å²) in [6, 6.07) is 6.11. The van der Waals surface area contributed by atoms with E-state index in [1.54, 1.807) is 0 Å². The molecule has 0 radical (unpaired) electrons. The number of aromatic nitrogens is 2. The van der Waals surface area contributed by atoms with Gasteiger partial charge in [0.2, 0.25) is 0 Å². The van der Waals surface area contributed by atoms with Gasteiger partial charge in [0.15, 0.2) is 0 Å². The molecule has 2 aromatic rings. The third-order valence-electron chi connectivity index (χ3n) is 3.07. The maximum atomic E-state index is 11.1.